The van der Waals surface area contributed by atoms with Gasteiger partial charge >= 0.3 is 0 Å². The van der Waals surface area contributed by atoms with E-state index in [2.05, 4.69) is 5.32 Å². The van der Waals surface area contributed by atoms with Crippen LogP contribution in [0.4, 0.5) is 11.4 Å². The number of hydrogen-bond acceptors (Lipinski definition) is 5. The summed E-state index contributed by atoms with van der Waals surface area (Å²) in [6.07, 6.45) is 1.75. The van der Waals surface area contributed by atoms with Crippen molar-refractivity contribution in [2.75, 3.05) is 5.32 Å². The fraction of sp³-hybridized carbons (Fsp3) is 0.300. The summed E-state index contributed by atoms with van der Waals surface area (Å²) in [4.78, 5) is 53.6. The van der Waals surface area contributed by atoms with Gasteiger partial charge in [-0.1, -0.05) is 74.4 Å². The Labute approximate surface area is 219 Å². The van der Waals surface area contributed by atoms with Gasteiger partial charge in [0, 0.05) is 29.7 Å². The van der Waals surface area contributed by atoms with Crippen molar-refractivity contribution < 1.29 is 19.3 Å². The average Bonchev–Trinajstić information content (AvgIpc) is 3.19. The first-order valence-electron chi connectivity index (χ1n) is 13.0. The number of nitrogens with one attached hydrogen (secondary N) is 1. The first-order valence-corrected chi connectivity index (χ1v) is 13.0. The van der Waals surface area contributed by atoms with Crippen LogP contribution in [-0.2, 0) is 14.4 Å². The fourth-order valence-electron chi connectivity index (χ4n) is 6.71. The number of nitro groups is 1. The van der Waals surface area contributed by atoms with Crippen molar-refractivity contribution in [1.29, 1.82) is 0 Å². The summed E-state index contributed by atoms with van der Waals surface area (Å²) in [6, 6.07) is 20.7. The Kier molecular flexibility index (Phi) is 5.82. The molecule has 1 fully saturated rings. The van der Waals surface area contributed by atoms with Gasteiger partial charge in [-0.2, -0.15) is 0 Å². The zero-order chi connectivity index (χ0) is 26.6. The molecule has 8 nitrogen and oxygen atoms in total. The van der Waals surface area contributed by atoms with Crippen LogP contribution in [0.2, 0.25) is 0 Å². The maximum absolute atomic E-state index is 14.1. The summed E-state index contributed by atoms with van der Waals surface area (Å²) in [5, 5.41) is 13.9. The van der Waals surface area contributed by atoms with E-state index < -0.39 is 28.7 Å². The fourth-order valence-corrected chi connectivity index (χ4v) is 6.71. The van der Waals surface area contributed by atoms with Crippen LogP contribution in [-0.4, -0.2) is 33.6 Å². The summed E-state index contributed by atoms with van der Waals surface area (Å²) in [7, 11) is 0. The van der Waals surface area contributed by atoms with Crippen molar-refractivity contribution in [2.24, 2.45) is 11.8 Å². The van der Waals surface area contributed by atoms with Crippen molar-refractivity contribution in [1.82, 2.24) is 4.90 Å². The maximum Gasteiger partial charge on any atom is 0.271 e. The van der Waals surface area contributed by atoms with Crippen molar-refractivity contribution in [3.8, 4) is 0 Å². The van der Waals surface area contributed by atoms with E-state index in [1.165, 1.54) is 23.1 Å². The number of nitrogens with zero attached hydrogens (tertiary/aromatic N) is 2. The monoisotopic (exact) mass is 509 g/mol. The summed E-state index contributed by atoms with van der Waals surface area (Å²) in [6.45, 7) is 1.98. The second-order valence-corrected chi connectivity index (χ2v) is 10.3. The largest absolute Gasteiger partial charge is 0.324 e. The first-order chi connectivity index (χ1) is 18.4. The van der Waals surface area contributed by atoms with Crippen LogP contribution in [0.3, 0.4) is 0 Å². The number of likely N-dealkylation sites (tertiary alicyclic amines) is 1. The van der Waals surface area contributed by atoms with Gasteiger partial charge in [0.05, 0.1) is 16.8 Å². The molecule has 7 rings (SSSR count). The van der Waals surface area contributed by atoms with E-state index in [1.807, 2.05) is 55.5 Å². The summed E-state index contributed by atoms with van der Waals surface area (Å²) >= 11 is 0. The van der Waals surface area contributed by atoms with Gasteiger partial charge in [-0.3, -0.25) is 29.4 Å². The molecule has 1 aliphatic heterocycles. The van der Waals surface area contributed by atoms with E-state index in [0.717, 1.165) is 28.7 Å². The summed E-state index contributed by atoms with van der Waals surface area (Å²) < 4.78 is 0. The zero-order valence-corrected chi connectivity index (χ0v) is 20.9. The van der Waals surface area contributed by atoms with E-state index in [9.17, 15) is 24.5 Å². The highest BCUT2D eigenvalue weighted by Crippen LogP contribution is 2.61. The number of rotatable bonds is 7. The van der Waals surface area contributed by atoms with Crippen LogP contribution in [0.15, 0.2) is 72.8 Å². The number of nitro benzene ring substituents is 1. The molecule has 4 aliphatic rings. The van der Waals surface area contributed by atoms with Gasteiger partial charge < -0.3 is 5.32 Å². The van der Waals surface area contributed by atoms with Gasteiger partial charge in [-0.05, 0) is 34.7 Å². The highest BCUT2D eigenvalue weighted by molar-refractivity contribution is 6.11. The minimum atomic E-state index is -0.995. The Bertz CT molecular complexity index is 1370. The Morgan fingerprint density at radius 2 is 1.42 bits per heavy atom. The predicted molar refractivity (Wildman–Crippen MR) is 140 cm³/mol. The quantitative estimate of drug-likeness (QED) is 0.274. The number of carbonyl (C=O) groups is 3. The molecule has 3 aromatic carbocycles. The predicted octanol–water partition coefficient (Wildman–Crippen LogP) is 4.98. The van der Waals surface area contributed by atoms with Gasteiger partial charge in [0.1, 0.15) is 6.04 Å². The minimum Gasteiger partial charge on any atom is -0.324 e. The maximum atomic E-state index is 14.1. The number of carbonyl (C=O) groups excluding carboxylic acids is 3. The molecule has 3 aromatic rings. The van der Waals surface area contributed by atoms with E-state index in [0.29, 0.717) is 12.8 Å². The highest BCUT2D eigenvalue weighted by atomic mass is 16.6. The van der Waals surface area contributed by atoms with Crippen molar-refractivity contribution >= 4 is 29.1 Å². The molecule has 1 N–H and O–H groups in total. The zero-order valence-electron chi connectivity index (χ0n) is 20.9. The number of amides is 3. The molecule has 1 heterocycles. The third-order valence-electron chi connectivity index (χ3n) is 8.25. The number of hydrogen-bond donors (Lipinski definition) is 1. The number of benzene rings is 3. The lowest BCUT2D eigenvalue weighted by molar-refractivity contribution is -0.384. The van der Waals surface area contributed by atoms with Gasteiger partial charge in [-0.25, -0.2) is 0 Å². The van der Waals surface area contributed by atoms with Gasteiger partial charge in [0.2, 0.25) is 17.7 Å². The van der Waals surface area contributed by atoms with E-state index in [4.69, 9.17) is 0 Å². The molecule has 2 bridgehead atoms. The molecule has 0 aromatic heterocycles. The van der Waals surface area contributed by atoms with Crippen LogP contribution in [0.25, 0.3) is 0 Å². The second kappa shape index (κ2) is 9.20. The van der Waals surface area contributed by atoms with Crippen LogP contribution < -0.4 is 5.32 Å². The molecule has 3 aliphatic carbocycles. The normalized spacial score (nSPS) is 23.4. The van der Waals surface area contributed by atoms with Crippen LogP contribution >= 0.6 is 0 Å². The van der Waals surface area contributed by atoms with Crippen LogP contribution in [0, 0.1) is 22.0 Å². The summed E-state index contributed by atoms with van der Waals surface area (Å²) in [5.74, 6) is -2.75. The highest BCUT2D eigenvalue weighted by Gasteiger charge is 2.62. The van der Waals surface area contributed by atoms with Gasteiger partial charge in [0.15, 0.2) is 0 Å². The number of anilines is 1. The van der Waals surface area contributed by atoms with Crippen molar-refractivity contribution in [3.05, 3.63) is 105 Å². The molecule has 38 heavy (non-hydrogen) atoms. The molecule has 0 radical (unpaired) electrons. The van der Waals surface area contributed by atoms with E-state index in [1.54, 1.807) is 6.07 Å². The molecule has 3 amide bonds. The SMILES string of the molecule is CCCC[C@@H](C(=O)Nc1cccc([N+](=O)[O-])c1)N1C(=O)[C@@H]2C3c4ccccc4C(c4ccccc43)[C@@H]2C1=O. The Hall–Kier alpha value is -4.33. The molecular formula is C30H27N3O5. The Morgan fingerprint density at radius 1 is 0.895 bits per heavy atom. The smallest absolute Gasteiger partial charge is 0.271 e. The third kappa shape index (κ3) is 3.55. The molecule has 0 saturated carbocycles. The van der Waals surface area contributed by atoms with E-state index in [-0.39, 0.29) is 35.0 Å². The lowest BCUT2D eigenvalue weighted by Gasteiger charge is -2.45. The lowest BCUT2D eigenvalue weighted by atomic mass is 9.55. The van der Waals surface area contributed by atoms with Crippen LogP contribution in [0.5, 0.6) is 0 Å². The second-order valence-electron chi connectivity index (χ2n) is 10.3. The minimum absolute atomic E-state index is 0.153. The van der Waals surface area contributed by atoms with Gasteiger partial charge in [0.25, 0.3) is 5.69 Å². The molecule has 0 spiro atoms. The van der Waals surface area contributed by atoms with Gasteiger partial charge in [-0.15, -0.1) is 0 Å². The first kappa shape index (κ1) is 24.0. The van der Waals surface area contributed by atoms with Crippen LogP contribution in [0.1, 0.15) is 60.3 Å². The topological polar surface area (TPSA) is 110 Å². The molecule has 8 heteroatoms. The number of unbranched alkanes of at least 4 members (excludes halogenated alkanes) is 1. The van der Waals surface area contributed by atoms with Crippen molar-refractivity contribution in [3.63, 3.8) is 0 Å². The molecule has 192 valence electrons. The average molecular weight is 510 g/mol. The number of imide groups is 1. The van der Waals surface area contributed by atoms with E-state index >= 15 is 0 Å². The third-order valence-corrected chi connectivity index (χ3v) is 8.25. The van der Waals surface area contributed by atoms with Crippen molar-refractivity contribution in [2.45, 2.75) is 44.1 Å². The molecule has 3 atom stereocenters. The molecular weight excluding hydrogens is 482 g/mol. The molecule has 0 unspecified atom stereocenters. The number of non-ortho nitro benzene ring substituents is 1. The Morgan fingerprint density at radius 3 is 1.89 bits per heavy atom. The summed E-state index contributed by atoms with van der Waals surface area (Å²) in [5.41, 5.74) is 4.40. The molecule has 1 saturated heterocycles. The standard InChI is InChI=1S/C30H27N3O5/c1-2-3-15-23(28(34)31-17-9-8-10-18(16-17)33(37)38)32-29(35)26-24-19-11-4-5-12-20(19)25(27(26)30(32)36)22-14-7-6-13-21(22)24/h4-14,16,23-27H,2-3,15H2,1H3,(H,31,34)/t23-,24?,25?,26-,27+/m0/s1. The Balaban J connectivity index is 1.38. The lowest BCUT2D eigenvalue weighted by Crippen LogP contribution is -2.48.